The van der Waals surface area contributed by atoms with E-state index in [1.165, 1.54) is 12.1 Å². The van der Waals surface area contributed by atoms with Crippen LogP contribution in [0.25, 0.3) is 11.0 Å². The van der Waals surface area contributed by atoms with Crippen LogP contribution in [0.1, 0.15) is 40.6 Å². The van der Waals surface area contributed by atoms with Gasteiger partial charge in [-0.15, -0.1) is 0 Å². The summed E-state index contributed by atoms with van der Waals surface area (Å²) in [5.41, 5.74) is 0.695. The molecule has 2 aromatic carbocycles. The Bertz CT molecular complexity index is 1190. The Labute approximate surface area is 170 Å². The number of hydrogen-bond acceptors (Lipinski definition) is 4. The monoisotopic (exact) mass is 413 g/mol. The molecule has 0 radical (unpaired) electrons. The molecule has 3 aromatic rings. The van der Waals surface area contributed by atoms with Crippen LogP contribution < -0.4 is 5.43 Å². The Balaban J connectivity index is 1.72. The van der Waals surface area contributed by atoms with Crippen LogP contribution in [0.3, 0.4) is 0 Å². The van der Waals surface area contributed by atoms with Gasteiger partial charge in [0.1, 0.15) is 11.4 Å². The second kappa shape index (κ2) is 6.97. The number of fused-ring (bicyclic) bond motifs is 2. The van der Waals surface area contributed by atoms with E-state index in [-0.39, 0.29) is 34.3 Å². The van der Waals surface area contributed by atoms with Gasteiger partial charge in [0.15, 0.2) is 5.43 Å². The molecule has 2 atom stereocenters. The van der Waals surface area contributed by atoms with Crippen LogP contribution in [0.4, 0.5) is 4.39 Å². The minimum absolute atomic E-state index is 0.00270. The fourth-order valence-electron chi connectivity index (χ4n) is 4.21. The van der Waals surface area contributed by atoms with Crippen LogP contribution in [0.15, 0.2) is 51.7 Å². The average Bonchev–Trinajstić information content (AvgIpc) is 3.31. The van der Waals surface area contributed by atoms with Gasteiger partial charge in [-0.05, 0) is 48.7 Å². The maximum absolute atomic E-state index is 13.8. The van der Waals surface area contributed by atoms with Crippen LogP contribution in [0.5, 0.6) is 0 Å². The first-order valence-electron chi connectivity index (χ1n) is 9.47. The molecule has 1 saturated heterocycles. The van der Waals surface area contributed by atoms with Crippen molar-refractivity contribution in [3.8, 4) is 0 Å². The third-order valence-corrected chi connectivity index (χ3v) is 5.75. The van der Waals surface area contributed by atoms with Crippen molar-refractivity contribution in [2.45, 2.75) is 25.0 Å². The van der Waals surface area contributed by atoms with E-state index in [2.05, 4.69) is 0 Å². The molecule has 5 rings (SSSR count). The van der Waals surface area contributed by atoms with Gasteiger partial charge in [0.2, 0.25) is 5.76 Å². The Morgan fingerprint density at radius 1 is 1.17 bits per heavy atom. The Morgan fingerprint density at radius 3 is 2.79 bits per heavy atom. The standard InChI is InChI=1S/C22H17ClFNO4/c23-13-4-1-3-12(9-13)19-18-20(26)16-10-14(24)6-7-17(16)29-21(18)22(27)25(19)11-15-5-2-8-28-15/h1,3-4,6-7,9-10,15,19H,2,5,8,11H2/t15-,19-/m0/s1. The molecule has 29 heavy (non-hydrogen) atoms. The molecule has 0 spiro atoms. The first kappa shape index (κ1) is 18.3. The number of carbonyl (C=O) groups is 1. The number of ether oxygens (including phenoxy) is 1. The van der Waals surface area contributed by atoms with Gasteiger partial charge in [-0.3, -0.25) is 9.59 Å². The predicted molar refractivity (Wildman–Crippen MR) is 106 cm³/mol. The second-order valence-electron chi connectivity index (χ2n) is 7.36. The van der Waals surface area contributed by atoms with Crippen LogP contribution in [0.2, 0.25) is 5.02 Å². The van der Waals surface area contributed by atoms with Gasteiger partial charge in [-0.25, -0.2) is 4.39 Å². The number of rotatable bonds is 3. The van der Waals surface area contributed by atoms with Crippen molar-refractivity contribution >= 4 is 28.5 Å². The first-order chi connectivity index (χ1) is 14.0. The van der Waals surface area contributed by atoms with Crippen molar-refractivity contribution in [1.82, 2.24) is 4.90 Å². The quantitative estimate of drug-likeness (QED) is 0.642. The van der Waals surface area contributed by atoms with E-state index in [4.69, 9.17) is 20.8 Å². The van der Waals surface area contributed by atoms with Crippen molar-refractivity contribution in [2.75, 3.05) is 13.2 Å². The third kappa shape index (κ3) is 3.03. The summed E-state index contributed by atoms with van der Waals surface area (Å²) in [6, 6.07) is 10.1. The predicted octanol–water partition coefficient (Wildman–Crippen LogP) is 4.31. The lowest BCUT2D eigenvalue weighted by Gasteiger charge is -2.27. The molecule has 2 aliphatic rings. The molecule has 2 aliphatic heterocycles. The number of carbonyl (C=O) groups excluding carboxylic acids is 1. The summed E-state index contributed by atoms with van der Waals surface area (Å²) in [6.45, 7) is 0.992. The van der Waals surface area contributed by atoms with Crippen molar-refractivity contribution in [2.24, 2.45) is 0 Å². The summed E-state index contributed by atoms with van der Waals surface area (Å²) in [7, 11) is 0. The second-order valence-corrected chi connectivity index (χ2v) is 7.80. The van der Waals surface area contributed by atoms with E-state index in [1.807, 2.05) is 6.07 Å². The van der Waals surface area contributed by atoms with E-state index >= 15 is 0 Å². The smallest absolute Gasteiger partial charge is 0.291 e. The summed E-state index contributed by atoms with van der Waals surface area (Å²) < 4.78 is 25.3. The highest BCUT2D eigenvalue weighted by Gasteiger charge is 2.44. The fourth-order valence-corrected chi connectivity index (χ4v) is 4.41. The summed E-state index contributed by atoms with van der Waals surface area (Å²) >= 11 is 6.18. The number of halogens is 2. The largest absolute Gasteiger partial charge is 0.450 e. The minimum Gasteiger partial charge on any atom is -0.450 e. The first-order valence-corrected chi connectivity index (χ1v) is 9.85. The lowest BCUT2D eigenvalue weighted by atomic mass is 9.98. The zero-order valence-corrected chi connectivity index (χ0v) is 16.1. The number of benzene rings is 2. The molecule has 148 valence electrons. The minimum atomic E-state index is -0.663. The maximum Gasteiger partial charge on any atom is 0.291 e. The fraction of sp³-hybridized carbons (Fsp3) is 0.273. The third-order valence-electron chi connectivity index (χ3n) is 5.52. The van der Waals surface area contributed by atoms with Gasteiger partial charge >= 0.3 is 0 Å². The normalized spacial score (nSPS) is 21.2. The highest BCUT2D eigenvalue weighted by atomic mass is 35.5. The molecule has 1 amide bonds. The molecular formula is C22H17ClFNO4. The van der Waals surface area contributed by atoms with Crippen molar-refractivity contribution in [3.63, 3.8) is 0 Å². The van der Waals surface area contributed by atoms with Crippen LogP contribution in [-0.4, -0.2) is 30.1 Å². The molecule has 1 aromatic heterocycles. The molecule has 5 nitrogen and oxygen atoms in total. The molecule has 0 bridgehead atoms. The molecule has 0 unspecified atom stereocenters. The van der Waals surface area contributed by atoms with E-state index < -0.39 is 17.3 Å². The zero-order chi connectivity index (χ0) is 20.1. The van der Waals surface area contributed by atoms with Gasteiger partial charge in [0.05, 0.1) is 23.1 Å². The average molecular weight is 414 g/mol. The zero-order valence-electron chi connectivity index (χ0n) is 15.4. The van der Waals surface area contributed by atoms with Gasteiger partial charge in [0.25, 0.3) is 5.91 Å². The van der Waals surface area contributed by atoms with E-state index in [1.54, 1.807) is 23.1 Å². The number of hydrogen-bond donors (Lipinski definition) is 0. The molecule has 0 aliphatic carbocycles. The maximum atomic E-state index is 13.8. The van der Waals surface area contributed by atoms with Crippen LogP contribution in [0, 0.1) is 5.82 Å². The lowest BCUT2D eigenvalue weighted by molar-refractivity contribution is 0.0486. The summed E-state index contributed by atoms with van der Waals surface area (Å²) in [5, 5.41) is 0.610. The van der Waals surface area contributed by atoms with E-state index in [9.17, 15) is 14.0 Å². The van der Waals surface area contributed by atoms with Crippen LogP contribution in [-0.2, 0) is 4.74 Å². The molecule has 0 saturated carbocycles. The number of nitrogens with zero attached hydrogens (tertiary/aromatic N) is 1. The van der Waals surface area contributed by atoms with E-state index in [0.717, 1.165) is 18.9 Å². The van der Waals surface area contributed by atoms with Gasteiger partial charge in [-0.1, -0.05) is 23.7 Å². The molecule has 7 heteroatoms. The number of amides is 1. The molecule has 1 fully saturated rings. The Hall–Kier alpha value is -2.70. The highest BCUT2D eigenvalue weighted by molar-refractivity contribution is 6.30. The SMILES string of the molecule is O=C1c2oc3ccc(F)cc3c(=O)c2[C@H](c2cccc(Cl)c2)N1C[C@@H]1CCCO1. The van der Waals surface area contributed by atoms with E-state index in [0.29, 0.717) is 23.7 Å². The van der Waals surface area contributed by atoms with Gasteiger partial charge < -0.3 is 14.1 Å². The summed E-state index contributed by atoms with van der Waals surface area (Å²) in [6.07, 6.45) is 1.68. The lowest BCUT2D eigenvalue weighted by Crippen LogP contribution is -2.36. The van der Waals surface area contributed by atoms with Crippen molar-refractivity contribution in [1.29, 1.82) is 0 Å². The molecule has 0 N–H and O–H groups in total. The highest BCUT2D eigenvalue weighted by Crippen LogP contribution is 2.39. The molecule has 3 heterocycles. The topological polar surface area (TPSA) is 59.8 Å². The summed E-state index contributed by atoms with van der Waals surface area (Å²) in [4.78, 5) is 28.2. The van der Waals surface area contributed by atoms with Crippen molar-refractivity contribution in [3.05, 3.63) is 80.4 Å². The Kier molecular flexibility index (Phi) is 4.41. The molecular weight excluding hydrogens is 397 g/mol. The van der Waals surface area contributed by atoms with Gasteiger partial charge in [-0.2, -0.15) is 0 Å². The Morgan fingerprint density at radius 2 is 2.03 bits per heavy atom. The van der Waals surface area contributed by atoms with Crippen molar-refractivity contribution < 1.29 is 18.3 Å². The van der Waals surface area contributed by atoms with Gasteiger partial charge in [0, 0.05) is 18.2 Å². The summed E-state index contributed by atoms with van der Waals surface area (Å²) in [5.74, 6) is -0.912. The van der Waals surface area contributed by atoms with Crippen LogP contribution >= 0.6 is 11.6 Å².